The first-order chi connectivity index (χ1) is 8.76. The molecule has 0 aliphatic heterocycles. The minimum Gasteiger partial charge on any atom is -0.469 e. The molecule has 0 fully saturated rings. The van der Waals surface area contributed by atoms with Crippen LogP contribution in [0.1, 0.15) is 38.9 Å². The van der Waals surface area contributed by atoms with Gasteiger partial charge in [0, 0.05) is 19.0 Å². The van der Waals surface area contributed by atoms with Crippen LogP contribution in [0.2, 0.25) is 0 Å². The first kappa shape index (κ1) is 14.6. The lowest BCUT2D eigenvalue weighted by atomic mass is 10.1. The summed E-state index contributed by atoms with van der Waals surface area (Å²) in [5.74, 6) is 7.10. The van der Waals surface area contributed by atoms with Gasteiger partial charge in [-0.1, -0.05) is 13.3 Å². The zero-order chi connectivity index (χ0) is 13.2. The molecule has 0 aromatic carbocycles. The molecule has 1 rings (SSSR count). The number of unbranched alkanes of at least 4 members (excludes halogenated alkanes) is 1. The second-order valence-corrected chi connectivity index (χ2v) is 4.39. The minimum absolute atomic E-state index is 0.298. The van der Waals surface area contributed by atoms with E-state index in [1.54, 1.807) is 6.26 Å². The van der Waals surface area contributed by atoms with Crippen molar-refractivity contribution >= 4 is 5.96 Å². The maximum atomic E-state index is 5.43. The summed E-state index contributed by atoms with van der Waals surface area (Å²) in [6, 6.07) is 4.20. The lowest BCUT2D eigenvalue weighted by Gasteiger charge is -2.15. The molecule has 0 aliphatic rings. The molecule has 0 saturated heterocycles. The average Bonchev–Trinajstić information content (AvgIpc) is 2.88. The van der Waals surface area contributed by atoms with E-state index in [4.69, 9.17) is 10.3 Å². The maximum Gasteiger partial charge on any atom is 0.205 e. The highest BCUT2D eigenvalue weighted by Crippen LogP contribution is 2.05. The Kier molecular flexibility index (Phi) is 6.94. The summed E-state index contributed by atoms with van der Waals surface area (Å²) >= 11 is 0. The molecule has 1 aromatic heterocycles. The molecule has 0 spiro atoms. The Morgan fingerprint density at radius 2 is 2.39 bits per heavy atom. The normalized spacial score (nSPS) is 13.4. The highest BCUT2D eigenvalue weighted by Gasteiger charge is 2.05. The number of aliphatic imine (C=N–C) groups is 1. The minimum atomic E-state index is 0.298. The van der Waals surface area contributed by atoms with E-state index in [1.807, 2.05) is 12.1 Å². The van der Waals surface area contributed by atoms with E-state index >= 15 is 0 Å². The summed E-state index contributed by atoms with van der Waals surface area (Å²) < 4.78 is 5.30. The number of nitrogens with one attached hydrogen (secondary N) is 2. The quantitative estimate of drug-likeness (QED) is 0.227. The van der Waals surface area contributed by atoms with Crippen LogP contribution in [0.25, 0.3) is 0 Å². The molecule has 0 aliphatic carbocycles. The number of guanidine groups is 1. The Morgan fingerprint density at radius 1 is 1.56 bits per heavy atom. The van der Waals surface area contributed by atoms with Crippen molar-refractivity contribution in [2.45, 2.75) is 45.6 Å². The van der Waals surface area contributed by atoms with Crippen LogP contribution in [0, 0.1) is 0 Å². The summed E-state index contributed by atoms with van der Waals surface area (Å²) in [5, 5.41) is 3.26. The molecular formula is C13H24N4O. The van der Waals surface area contributed by atoms with Gasteiger partial charge in [0.15, 0.2) is 0 Å². The lowest BCUT2D eigenvalue weighted by Crippen LogP contribution is -2.45. The molecule has 1 unspecified atom stereocenters. The smallest absolute Gasteiger partial charge is 0.205 e. The average molecular weight is 252 g/mol. The summed E-state index contributed by atoms with van der Waals surface area (Å²) in [7, 11) is 0. The van der Waals surface area contributed by atoms with Crippen LogP contribution in [-0.4, -0.2) is 18.5 Å². The van der Waals surface area contributed by atoms with Gasteiger partial charge in [0.05, 0.1) is 6.26 Å². The molecule has 0 bridgehead atoms. The van der Waals surface area contributed by atoms with Crippen LogP contribution in [0.4, 0.5) is 0 Å². The first-order valence-electron chi connectivity index (χ1n) is 6.56. The van der Waals surface area contributed by atoms with E-state index < -0.39 is 0 Å². The zero-order valence-corrected chi connectivity index (χ0v) is 11.3. The predicted molar refractivity (Wildman–Crippen MR) is 74.2 cm³/mol. The number of nitrogens with two attached hydrogens (primary N) is 1. The molecule has 18 heavy (non-hydrogen) atoms. The molecule has 1 atom stereocenters. The Morgan fingerprint density at radius 3 is 3.00 bits per heavy atom. The molecular weight excluding hydrogens is 228 g/mol. The fourth-order valence-electron chi connectivity index (χ4n) is 1.60. The van der Waals surface area contributed by atoms with Gasteiger partial charge in [0.25, 0.3) is 0 Å². The van der Waals surface area contributed by atoms with Crippen LogP contribution in [0.15, 0.2) is 27.8 Å². The van der Waals surface area contributed by atoms with Crippen molar-refractivity contribution in [2.75, 3.05) is 6.54 Å². The van der Waals surface area contributed by atoms with E-state index in [0.29, 0.717) is 12.0 Å². The molecule has 102 valence electrons. The van der Waals surface area contributed by atoms with Gasteiger partial charge in [-0.15, -0.1) is 0 Å². The molecule has 5 nitrogen and oxygen atoms in total. The molecule has 1 heterocycles. The SMILES string of the molecule is CCCCN=C(NN)NC(C)CCc1ccco1. The Bertz CT molecular complexity index is 335. The third kappa shape index (κ3) is 5.72. The van der Waals surface area contributed by atoms with Crippen LogP contribution in [0.3, 0.4) is 0 Å². The number of hydrogen-bond acceptors (Lipinski definition) is 3. The van der Waals surface area contributed by atoms with Crippen LogP contribution in [-0.2, 0) is 6.42 Å². The summed E-state index contributed by atoms with van der Waals surface area (Å²) in [6.45, 7) is 5.05. The number of aryl methyl sites for hydroxylation is 1. The number of furan rings is 1. The molecule has 0 amide bonds. The lowest BCUT2D eigenvalue weighted by molar-refractivity contribution is 0.481. The topological polar surface area (TPSA) is 75.6 Å². The summed E-state index contributed by atoms with van der Waals surface area (Å²) in [6.07, 6.45) is 5.80. The highest BCUT2D eigenvalue weighted by atomic mass is 16.3. The highest BCUT2D eigenvalue weighted by molar-refractivity contribution is 5.79. The van der Waals surface area contributed by atoms with E-state index in [2.05, 4.69) is 29.6 Å². The molecule has 0 radical (unpaired) electrons. The zero-order valence-electron chi connectivity index (χ0n) is 11.3. The maximum absolute atomic E-state index is 5.43. The Hall–Kier alpha value is -1.49. The molecule has 4 N–H and O–H groups in total. The van der Waals surface area contributed by atoms with Gasteiger partial charge in [0.2, 0.25) is 5.96 Å². The van der Waals surface area contributed by atoms with E-state index in [-0.39, 0.29) is 0 Å². The van der Waals surface area contributed by atoms with Crippen LogP contribution >= 0.6 is 0 Å². The van der Waals surface area contributed by atoms with Gasteiger partial charge in [-0.2, -0.15) is 0 Å². The number of rotatable bonds is 7. The van der Waals surface area contributed by atoms with Gasteiger partial charge in [-0.25, -0.2) is 5.84 Å². The van der Waals surface area contributed by atoms with Crippen LogP contribution < -0.4 is 16.6 Å². The number of hydrazine groups is 1. The van der Waals surface area contributed by atoms with Crippen molar-refractivity contribution in [3.63, 3.8) is 0 Å². The molecule has 5 heteroatoms. The van der Waals surface area contributed by atoms with E-state index in [0.717, 1.165) is 38.0 Å². The van der Waals surface area contributed by atoms with Gasteiger partial charge in [-0.05, 0) is 31.9 Å². The summed E-state index contributed by atoms with van der Waals surface area (Å²) in [4.78, 5) is 4.36. The Balaban J connectivity index is 2.28. The second-order valence-electron chi connectivity index (χ2n) is 4.39. The van der Waals surface area contributed by atoms with E-state index in [1.165, 1.54) is 0 Å². The van der Waals surface area contributed by atoms with Crippen molar-refractivity contribution in [3.05, 3.63) is 24.2 Å². The molecule has 1 aromatic rings. The van der Waals surface area contributed by atoms with Gasteiger partial charge >= 0.3 is 0 Å². The monoisotopic (exact) mass is 252 g/mol. The number of nitrogens with zero attached hydrogens (tertiary/aromatic N) is 1. The fraction of sp³-hybridized carbons (Fsp3) is 0.615. The van der Waals surface area contributed by atoms with Crippen molar-refractivity contribution in [1.29, 1.82) is 0 Å². The van der Waals surface area contributed by atoms with Gasteiger partial charge < -0.3 is 9.73 Å². The van der Waals surface area contributed by atoms with Crippen molar-refractivity contribution < 1.29 is 4.42 Å². The van der Waals surface area contributed by atoms with Gasteiger partial charge in [-0.3, -0.25) is 10.4 Å². The predicted octanol–water partition coefficient (Wildman–Crippen LogP) is 1.81. The summed E-state index contributed by atoms with van der Waals surface area (Å²) in [5.41, 5.74) is 2.60. The van der Waals surface area contributed by atoms with Crippen LogP contribution in [0.5, 0.6) is 0 Å². The molecule has 0 saturated carbocycles. The second kappa shape index (κ2) is 8.58. The Labute approximate surface area is 109 Å². The van der Waals surface area contributed by atoms with Crippen molar-refractivity contribution in [1.82, 2.24) is 10.7 Å². The van der Waals surface area contributed by atoms with E-state index in [9.17, 15) is 0 Å². The number of hydrogen-bond donors (Lipinski definition) is 3. The fourth-order valence-corrected chi connectivity index (χ4v) is 1.60. The third-order valence-corrected chi connectivity index (χ3v) is 2.71. The first-order valence-corrected chi connectivity index (χ1v) is 6.56. The van der Waals surface area contributed by atoms with Crippen molar-refractivity contribution in [2.24, 2.45) is 10.8 Å². The largest absolute Gasteiger partial charge is 0.469 e. The van der Waals surface area contributed by atoms with Crippen molar-refractivity contribution in [3.8, 4) is 0 Å². The standard InChI is InChI=1S/C13H24N4O/c1-3-4-9-15-13(17-14)16-11(2)7-8-12-6-5-10-18-12/h5-6,10-11H,3-4,7-9,14H2,1-2H3,(H2,15,16,17). The van der Waals surface area contributed by atoms with Gasteiger partial charge in [0.1, 0.15) is 5.76 Å². The third-order valence-electron chi connectivity index (χ3n) is 2.71.